The Kier molecular flexibility index (Phi) is 8.34. The Hall–Kier alpha value is -3.18. The van der Waals surface area contributed by atoms with Crippen LogP contribution in [0.4, 0.5) is 0 Å². The molecule has 0 amide bonds. The topological polar surface area (TPSA) is 123 Å². The lowest BCUT2D eigenvalue weighted by Crippen LogP contribution is -2.24. The van der Waals surface area contributed by atoms with Gasteiger partial charge in [0.05, 0.1) is 25.9 Å². The summed E-state index contributed by atoms with van der Waals surface area (Å²) in [6.45, 7) is 5.39. The predicted molar refractivity (Wildman–Crippen MR) is 114 cm³/mol. The Balaban J connectivity index is 2.25. The number of rotatable bonds is 9. The average Bonchev–Trinajstić information content (AvgIpc) is 2.99. The number of terminal acetylenes is 1. The van der Waals surface area contributed by atoms with Gasteiger partial charge in [0, 0.05) is 17.4 Å². The molecule has 0 unspecified atom stereocenters. The minimum absolute atomic E-state index is 0.00970. The molecule has 0 aromatic heterocycles. The Morgan fingerprint density at radius 3 is 2.81 bits per heavy atom. The summed E-state index contributed by atoms with van der Waals surface area (Å²) in [5, 5.41) is 14.0. The standard InChI is InChI=1S/C22H27N3O6/c1-6-8-14(2)29-21(27)20-15(11-16(28-5)12-17(20)26)9-7-10-18-19(13-24-25-23)31-22(3,4)30-18/h1,7,9,11-12,14,18-19,26H,8,10,13H2,2-5H3/b9-7+/t14-,18-,19+/m0/s1. The van der Waals surface area contributed by atoms with Gasteiger partial charge in [0.1, 0.15) is 23.2 Å². The second kappa shape index (κ2) is 10.7. The third kappa shape index (κ3) is 6.66. The van der Waals surface area contributed by atoms with Crippen LogP contribution >= 0.6 is 0 Å². The van der Waals surface area contributed by atoms with E-state index in [1.165, 1.54) is 13.2 Å². The molecule has 1 aromatic rings. The summed E-state index contributed by atoms with van der Waals surface area (Å²) in [7, 11) is 1.46. The number of esters is 1. The molecule has 9 nitrogen and oxygen atoms in total. The van der Waals surface area contributed by atoms with Crippen LogP contribution in [0.3, 0.4) is 0 Å². The predicted octanol–water partition coefficient (Wildman–Crippen LogP) is 4.20. The lowest BCUT2D eigenvalue weighted by molar-refractivity contribution is -0.145. The maximum Gasteiger partial charge on any atom is 0.342 e. The zero-order valence-electron chi connectivity index (χ0n) is 18.1. The first-order chi connectivity index (χ1) is 14.7. The number of hydrogen-bond acceptors (Lipinski definition) is 7. The number of methoxy groups -OCH3 is 1. The lowest BCUT2D eigenvalue weighted by Gasteiger charge is -2.16. The van der Waals surface area contributed by atoms with Crippen molar-refractivity contribution in [3.63, 3.8) is 0 Å². The number of phenolic OH excluding ortho intramolecular Hbond substituents is 1. The quantitative estimate of drug-likeness (QED) is 0.206. The first-order valence-electron chi connectivity index (χ1n) is 9.79. The Morgan fingerprint density at radius 1 is 1.45 bits per heavy atom. The molecule has 1 fully saturated rings. The fourth-order valence-electron chi connectivity index (χ4n) is 3.25. The minimum atomic E-state index is -0.801. The van der Waals surface area contributed by atoms with Crippen molar-refractivity contribution in [2.75, 3.05) is 13.7 Å². The van der Waals surface area contributed by atoms with Gasteiger partial charge in [-0.3, -0.25) is 0 Å². The molecule has 9 heteroatoms. The second-order valence-corrected chi connectivity index (χ2v) is 7.50. The van der Waals surface area contributed by atoms with Crippen molar-refractivity contribution in [1.82, 2.24) is 0 Å². The molecule has 3 atom stereocenters. The van der Waals surface area contributed by atoms with Crippen LogP contribution in [-0.4, -0.2) is 48.8 Å². The molecular formula is C22H27N3O6. The van der Waals surface area contributed by atoms with Crippen LogP contribution in [-0.2, 0) is 14.2 Å². The Morgan fingerprint density at radius 2 is 2.16 bits per heavy atom. The number of phenols is 1. The van der Waals surface area contributed by atoms with Crippen LogP contribution in [0.1, 0.15) is 49.5 Å². The van der Waals surface area contributed by atoms with E-state index in [1.54, 1.807) is 39.0 Å². The summed E-state index contributed by atoms with van der Waals surface area (Å²) in [4.78, 5) is 15.4. The van der Waals surface area contributed by atoms with Gasteiger partial charge in [-0.25, -0.2) is 4.79 Å². The van der Waals surface area contributed by atoms with Crippen molar-refractivity contribution in [3.05, 3.63) is 39.8 Å². The maximum absolute atomic E-state index is 12.6. The molecule has 1 aliphatic rings. The van der Waals surface area contributed by atoms with Gasteiger partial charge >= 0.3 is 5.97 Å². The highest BCUT2D eigenvalue weighted by atomic mass is 16.8. The summed E-state index contributed by atoms with van der Waals surface area (Å²) in [5.74, 6) is 1.06. The molecule has 0 spiro atoms. The zero-order valence-corrected chi connectivity index (χ0v) is 18.1. The smallest absolute Gasteiger partial charge is 0.342 e. The van der Waals surface area contributed by atoms with Crippen molar-refractivity contribution in [3.8, 4) is 23.8 Å². The normalized spacial score (nSPS) is 20.6. The van der Waals surface area contributed by atoms with Crippen molar-refractivity contribution in [2.45, 2.75) is 57.7 Å². The van der Waals surface area contributed by atoms with Gasteiger partial charge in [-0.15, -0.1) is 12.3 Å². The lowest BCUT2D eigenvalue weighted by atomic mass is 10.0. The molecule has 0 saturated carbocycles. The molecule has 0 bridgehead atoms. The molecule has 1 N–H and O–H groups in total. The number of carbonyl (C=O) groups is 1. The summed E-state index contributed by atoms with van der Waals surface area (Å²) in [6, 6.07) is 2.96. The number of carbonyl (C=O) groups excluding carboxylic acids is 1. The maximum atomic E-state index is 12.6. The summed E-state index contributed by atoms with van der Waals surface area (Å²) < 4.78 is 22.2. The molecule has 1 heterocycles. The number of hydrogen-bond donors (Lipinski definition) is 1. The molecule has 2 rings (SSSR count). The first kappa shape index (κ1) is 24.1. The largest absolute Gasteiger partial charge is 0.507 e. The number of benzene rings is 1. The summed E-state index contributed by atoms with van der Waals surface area (Å²) in [5.41, 5.74) is 9.01. The average molecular weight is 429 g/mol. The highest BCUT2D eigenvalue weighted by Gasteiger charge is 2.40. The number of aromatic hydroxyl groups is 1. The van der Waals surface area contributed by atoms with Gasteiger partial charge in [0.15, 0.2) is 5.79 Å². The van der Waals surface area contributed by atoms with E-state index < -0.39 is 24.0 Å². The molecular weight excluding hydrogens is 402 g/mol. The van der Waals surface area contributed by atoms with Crippen LogP contribution in [0.5, 0.6) is 11.5 Å². The fourth-order valence-corrected chi connectivity index (χ4v) is 3.25. The second-order valence-electron chi connectivity index (χ2n) is 7.50. The Labute approximate surface area is 181 Å². The highest BCUT2D eigenvalue weighted by Crippen LogP contribution is 2.32. The third-order valence-corrected chi connectivity index (χ3v) is 4.55. The van der Waals surface area contributed by atoms with E-state index in [2.05, 4.69) is 15.9 Å². The van der Waals surface area contributed by atoms with Gasteiger partial charge in [-0.05, 0) is 44.4 Å². The van der Waals surface area contributed by atoms with Crippen LogP contribution in [0.25, 0.3) is 16.5 Å². The zero-order chi connectivity index (χ0) is 23.0. The van der Waals surface area contributed by atoms with E-state index in [-0.39, 0.29) is 30.4 Å². The van der Waals surface area contributed by atoms with Crippen molar-refractivity contribution < 1.29 is 28.8 Å². The van der Waals surface area contributed by atoms with E-state index in [4.69, 9.17) is 30.9 Å². The summed E-state index contributed by atoms with van der Waals surface area (Å²) in [6.07, 6.45) is 8.16. The van der Waals surface area contributed by atoms with Crippen molar-refractivity contribution in [1.29, 1.82) is 0 Å². The number of nitrogens with zero attached hydrogens (tertiary/aromatic N) is 3. The molecule has 166 valence electrons. The van der Waals surface area contributed by atoms with Crippen LogP contribution < -0.4 is 4.74 Å². The van der Waals surface area contributed by atoms with Crippen LogP contribution in [0.2, 0.25) is 0 Å². The van der Waals surface area contributed by atoms with E-state index in [9.17, 15) is 9.90 Å². The van der Waals surface area contributed by atoms with E-state index in [0.29, 0.717) is 17.7 Å². The molecule has 0 radical (unpaired) electrons. The number of azide groups is 1. The monoisotopic (exact) mass is 429 g/mol. The van der Waals surface area contributed by atoms with Gasteiger partial charge in [-0.1, -0.05) is 17.3 Å². The van der Waals surface area contributed by atoms with Crippen molar-refractivity contribution in [2.24, 2.45) is 5.11 Å². The van der Waals surface area contributed by atoms with Crippen LogP contribution in [0.15, 0.2) is 23.3 Å². The SMILES string of the molecule is C#CC[C@H](C)OC(=O)c1c(O)cc(OC)cc1/C=C/C[C@@H]1OC(C)(C)O[C@@H]1CN=[N+]=[N-]. The first-order valence-corrected chi connectivity index (χ1v) is 9.79. The minimum Gasteiger partial charge on any atom is -0.507 e. The molecule has 0 aliphatic carbocycles. The van der Waals surface area contributed by atoms with E-state index in [0.717, 1.165) is 0 Å². The van der Waals surface area contributed by atoms with Gasteiger partial charge in [0.2, 0.25) is 0 Å². The van der Waals surface area contributed by atoms with Gasteiger partial charge in [0.25, 0.3) is 0 Å². The molecule has 1 saturated heterocycles. The third-order valence-electron chi connectivity index (χ3n) is 4.55. The molecule has 31 heavy (non-hydrogen) atoms. The van der Waals surface area contributed by atoms with Gasteiger partial charge < -0.3 is 24.1 Å². The fraction of sp³-hybridized carbons (Fsp3) is 0.500. The molecule has 1 aliphatic heterocycles. The Bertz CT molecular complexity index is 915. The van der Waals surface area contributed by atoms with Crippen molar-refractivity contribution >= 4 is 12.0 Å². The van der Waals surface area contributed by atoms with E-state index >= 15 is 0 Å². The van der Waals surface area contributed by atoms with Gasteiger partial charge in [-0.2, -0.15) is 0 Å². The van der Waals surface area contributed by atoms with Crippen LogP contribution in [0, 0.1) is 12.3 Å². The number of ether oxygens (including phenoxy) is 4. The summed E-state index contributed by atoms with van der Waals surface area (Å²) >= 11 is 0. The highest BCUT2D eigenvalue weighted by molar-refractivity contribution is 5.97. The molecule has 1 aromatic carbocycles. The van der Waals surface area contributed by atoms with E-state index in [1.807, 2.05) is 0 Å².